The molecule has 4 aromatic rings. The van der Waals surface area contributed by atoms with E-state index < -0.39 is 0 Å². The molecular formula is C20H17N7O2. The highest BCUT2D eigenvalue weighted by atomic mass is 16.5. The summed E-state index contributed by atoms with van der Waals surface area (Å²) < 4.78 is 6.99. The highest BCUT2D eigenvalue weighted by Crippen LogP contribution is 2.36. The number of carbonyl (C=O) groups is 1. The lowest BCUT2D eigenvalue weighted by Crippen LogP contribution is -2.11. The van der Waals surface area contributed by atoms with Gasteiger partial charge in [0.2, 0.25) is 0 Å². The Hall–Kier alpha value is -3.88. The third-order valence-electron chi connectivity index (χ3n) is 4.69. The Kier molecular flexibility index (Phi) is 4.12. The van der Waals surface area contributed by atoms with Crippen LogP contribution in [-0.4, -0.2) is 36.3 Å². The van der Waals surface area contributed by atoms with E-state index in [1.165, 1.54) is 0 Å². The second-order valence-electron chi connectivity index (χ2n) is 6.94. The molecule has 2 aromatic carbocycles. The predicted octanol–water partition coefficient (Wildman–Crippen LogP) is 3.29. The van der Waals surface area contributed by atoms with E-state index in [0.29, 0.717) is 34.8 Å². The van der Waals surface area contributed by atoms with Gasteiger partial charge in [-0.3, -0.25) is 4.79 Å². The highest BCUT2D eigenvalue weighted by Gasteiger charge is 2.28. The molecule has 0 saturated heterocycles. The molecule has 1 aliphatic carbocycles. The number of tetrazole rings is 1. The fraction of sp³-hybridized carbons (Fsp3) is 0.200. The number of anilines is 1. The molecule has 0 bridgehead atoms. The SMILES string of the molecule is Cc1noc(-c2ccc(C(=O)Nc3cccc(-c4nnnn4C4CC4)c3)cc2)n1. The lowest BCUT2D eigenvalue weighted by Gasteiger charge is -2.08. The number of nitrogens with zero attached hydrogens (tertiary/aromatic N) is 6. The molecule has 9 nitrogen and oxygen atoms in total. The van der Waals surface area contributed by atoms with E-state index in [1.807, 2.05) is 28.9 Å². The van der Waals surface area contributed by atoms with Gasteiger partial charge in [0, 0.05) is 22.4 Å². The summed E-state index contributed by atoms with van der Waals surface area (Å²) in [6.45, 7) is 1.76. The van der Waals surface area contributed by atoms with E-state index >= 15 is 0 Å². The summed E-state index contributed by atoms with van der Waals surface area (Å²) in [6.07, 6.45) is 2.18. The van der Waals surface area contributed by atoms with E-state index in [9.17, 15) is 4.79 Å². The first-order chi connectivity index (χ1) is 14.2. The van der Waals surface area contributed by atoms with Crippen LogP contribution >= 0.6 is 0 Å². The van der Waals surface area contributed by atoms with Gasteiger partial charge in [-0.25, -0.2) is 4.68 Å². The smallest absolute Gasteiger partial charge is 0.257 e. The van der Waals surface area contributed by atoms with Crippen LogP contribution in [0.15, 0.2) is 53.1 Å². The third-order valence-corrected chi connectivity index (χ3v) is 4.69. The lowest BCUT2D eigenvalue weighted by molar-refractivity contribution is 0.102. The average Bonchev–Trinajstić information content (AvgIpc) is 3.30. The number of hydrogen-bond donors (Lipinski definition) is 1. The Morgan fingerprint density at radius 1 is 1.14 bits per heavy atom. The van der Waals surface area contributed by atoms with Crippen LogP contribution in [0.5, 0.6) is 0 Å². The first-order valence-electron chi connectivity index (χ1n) is 9.28. The molecule has 29 heavy (non-hydrogen) atoms. The standard InChI is InChI=1S/C20H17N7O2/c1-12-21-20(29-24-12)14-7-5-13(6-8-14)19(28)22-16-4-2-3-15(11-16)18-23-25-26-27(18)17-9-10-17/h2-8,11,17H,9-10H2,1H3,(H,22,28). The molecule has 1 fully saturated rings. The van der Waals surface area contributed by atoms with Gasteiger partial charge in [-0.05, 0) is 66.6 Å². The molecule has 1 aliphatic rings. The maximum Gasteiger partial charge on any atom is 0.257 e. The van der Waals surface area contributed by atoms with Crippen molar-refractivity contribution >= 4 is 11.6 Å². The molecule has 0 radical (unpaired) electrons. The maximum atomic E-state index is 12.6. The van der Waals surface area contributed by atoms with Crippen LogP contribution < -0.4 is 5.32 Å². The van der Waals surface area contributed by atoms with Gasteiger partial charge in [0.25, 0.3) is 11.8 Å². The number of benzene rings is 2. The van der Waals surface area contributed by atoms with Crippen LogP contribution in [0.4, 0.5) is 5.69 Å². The number of amides is 1. The maximum absolute atomic E-state index is 12.6. The van der Waals surface area contributed by atoms with E-state index in [4.69, 9.17) is 4.52 Å². The molecule has 0 unspecified atom stereocenters. The van der Waals surface area contributed by atoms with Crippen molar-refractivity contribution in [1.29, 1.82) is 0 Å². The summed E-state index contributed by atoms with van der Waals surface area (Å²) in [7, 11) is 0. The Bertz CT molecular complexity index is 1180. The number of aromatic nitrogens is 6. The first-order valence-corrected chi connectivity index (χ1v) is 9.28. The number of rotatable bonds is 5. The summed E-state index contributed by atoms with van der Waals surface area (Å²) >= 11 is 0. The van der Waals surface area contributed by atoms with Gasteiger partial charge in [0.05, 0.1) is 6.04 Å². The summed E-state index contributed by atoms with van der Waals surface area (Å²) in [5.74, 6) is 1.49. The van der Waals surface area contributed by atoms with Crippen LogP contribution in [0, 0.1) is 6.92 Å². The van der Waals surface area contributed by atoms with Gasteiger partial charge in [-0.1, -0.05) is 17.3 Å². The molecule has 1 amide bonds. The molecule has 5 rings (SSSR count). The molecule has 9 heteroatoms. The van der Waals surface area contributed by atoms with Crippen molar-refractivity contribution in [3.8, 4) is 22.8 Å². The molecule has 1 saturated carbocycles. The Morgan fingerprint density at radius 3 is 2.69 bits per heavy atom. The molecule has 1 N–H and O–H groups in total. The van der Waals surface area contributed by atoms with Crippen LogP contribution in [-0.2, 0) is 0 Å². The van der Waals surface area contributed by atoms with Gasteiger partial charge in [0.1, 0.15) is 0 Å². The number of carbonyl (C=O) groups excluding carboxylic acids is 1. The van der Waals surface area contributed by atoms with E-state index in [1.54, 1.807) is 31.2 Å². The average molecular weight is 387 g/mol. The lowest BCUT2D eigenvalue weighted by atomic mass is 10.1. The minimum Gasteiger partial charge on any atom is -0.334 e. The summed E-state index contributed by atoms with van der Waals surface area (Å²) in [4.78, 5) is 16.8. The normalized spacial score (nSPS) is 13.4. The minimum atomic E-state index is -0.211. The van der Waals surface area contributed by atoms with E-state index in [2.05, 4.69) is 31.0 Å². The summed E-state index contributed by atoms with van der Waals surface area (Å²) in [5, 5.41) is 18.7. The Morgan fingerprint density at radius 2 is 1.97 bits per heavy atom. The van der Waals surface area contributed by atoms with Crippen LogP contribution in [0.3, 0.4) is 0 Å². The minimum absolute atomic E-state index is 0.211. The van der Waals surface area contributed by atoms with Crippen LogP contribution in [0.2, 0.25) is 0 Å². The molecular weight excluding hydrogens is 370 g/mol. The third kappa shape index (κ3) is 3.49. The van der Waals surface area contributed by atoms with Crippen molar-refractivity contribution in [2.45, 2.75) is 25.8 Å². The summed E-state index contributed by atoms with van der Waals surface area (Å²) in [5.41, 5.74) is 2.82. The zero-order chi connectivity index (χ0) is 19.8. The van der Waals surface area contributed by atoms with Crippen molar-refractivity contribution < 1.29 is 9.32 Å². The van der Waals surface area contributed by atoms with Crippen LogP contribution in [0.25, 0.3) is 22.8 Å². The highest BCUT2D eigenvalue weighted by molar-refractivity contribution is 6.04. The van der Waals surface area contributed by atoms with E-state index in [0.717, 1.165) is 24.0 Å². The molecule has 0 atom stereocenters. The Balaban J connectivity index is 1.33. The number of nitrogens with one attached hydrogen (secondary N) is 1. The first kappa shape index (κ1) is 17.2. The summed E-state index contributed by atoms with van der Waals surface area (Å²) in [6, 6.07) is 14.9. The van der Waals surface area contributed by atoms with Gasteiger partial charge in [0.15, 0.2) is 11.6 Å². The van der Waals surface area contributed by atoms with Crippen molar-refractivity contribution in [2.24, 2.45) is 0 Å². The van der Waals surface area contributed by atoms with Crippen molar-refractivity contribution in [1.82, 2.24) is 30.3 Å². The zero-order valence-electron chi connectivity index (χ0n) is 15.6. The number of aryl methyl sites for hydroxylation is 1. The molecule has 2 heterocycles. The van der Waals surface area contributed by atoms with Crippen LogP contribution in [0.1, 0.15) is 35.1 Å². The van der Waals surface area contributed by atoms with Crippen molar-refractivity contribution in [3.05, 3.63) is 59.9 Å². The quantitative estimate of drug-likeness (QED) is 0.559. The second kappa shape index (κ2) is 6.93. The molecule has 2 aromatic heterocycles. The zero-order valence-corrected chi connectivity index (χ0v) is 15.6. The topological polar surface area (TPSA) is 112 Å². The largest absolute Gasteiger partial charge is 0.334 e. The monoisotopic (exact) mass is 387 g/mol. The molecule has 144 valence electrons. The van der Waals surface area contributed by atoms with E-state index in [-0.39, 0.29) is 5.91 Å². The second-order valence-corrected chi connectivity index (χ2v) is 6.94. The molecule has 0 aliphatic heterocycles. The fourth-order valence-electron chi connectivity index (χ4n) is 3.07. The van der Waals surface area contributed by atoms with Gasteiger partial charge >= 0.3 is 0 Å². The number of hydrogen-bond acceptors (Lipinski definition) is 7. The Labute approximate surface area is 165 Å². The van der Waals surface area contributed by atoms with Crippen molar-refractivity contribution in [3.63, 3.8) is 0 Å². The van der Waals surface area contributed by atoms with Gasteiger partial charge in [-0.15, -0.1) is 5.10 Å². The molecule has 0 spiro atoms. The fourth-order valence-corrected chi connectivity index (χ4v) is 3.07. The van der Waals surface area contributed by atoms with Gasteiger partial charge in [-0.2, -0.15) is 4.98 Å². The van der Waals surface area contributed by atoms with Crippen molar-refractivity contribution in [2.75, 3.05) is 5.32 Å². The van der Waals surface area contributed by atoms with Gasteiger partial charge < -0.3 is 9.84 Å². The predicted molar refractivity (Wildman–Crippen MR) is 104 cm³/mol.